The number of thioether (sulfide) groups is 1. The van der Waals surface area contributed by atoms with E-state index in [2.05, 4.69) is 32.7 Å². The summed E-state index contributed by atoms with van der Waals surface area (Å²) in [6.07, 6.45) is 1.59. The van der Waals surface area contributed by atoms with E-state index in [1.54, 1.807) is 6.92 Å². The first-order valence-electron chi connectivity index (χ1n) is 7.36. The lowest BCUT2D eigenvalue weighted by molar-refractivity contribution is -0.116. The molecular weight excluding hydrogens is 280 g/mol. The van der Waals surface area contributed by atoms with Gasteiger partial charge in [-0.2, -0.15) is 0 Å². The smallest absolute Gasteiger partial charge is 0.164 e. The maximum absolute atomic E-state index is 11.4. The van der Waals surface area contributed by atoms with Crippen molar-refractivity contribution in [2.75, 3.05) is 7.05 Å². The first-order valence-corrected chi connectivity index (χ1v) is 8.24. The number of rotatable bonds is 3. The van der Waals surface area contributed by atoms with Crippen LogP contribution in [0.5, 0.6) is 0 Å². The van der Waals surface area contributed by atoms with E-state index in [4.69, 9.17) is 4.99 Å². The van der Waals surface area contributed by atoms with Crippen LogP contribution in [0.15, 0.2) is 29.3 Å². The van der Waals surface area contributed by atoms with Crippen molar-refractivity contribution in [1.82, 2.24) is 4.90 Å². The zero-order valence-corrected chi connectivity index (χ0v) is 14.3. The Balaban J connectivity index is 2.36. The second-order valence-corrected chi connectivity index (χ2v) is 7.81. The number of hydrogen-bond acceptors (Lipinski definition) is 3. The summed E-state index contributed by atoms with van der Waals surface area (Å²) in [7, 11) is 2.10. The van der Waals surface area contributed by atoms with Gasteiger partial charge in [0.2, 0.25) is 0 Å². The molecule has 1 atom stereocenters. The molecule has 21 heavy (non-hydrogen) atoms. The molecule has 0 aliphatic carbocycles. The fourth-order valence-electron chi connectivity index (χ4n) is 2.64. The third kappa shape index (κ3) is 3.88. The fourth-order valence-corrected chi connectivity index (χ4v) is 4.05. The highest BCUT2D eigenvalue weighted by Gasteiger charge is 2.34. The average Bonchev–Trinajstić information content (AvgIpc) is 2.36. The lowest BCUT2D eigenvalue weighted by atomic mass is 9.97. The number of carbonyl (C=O) groups excluding carboxylic acids is 1. The quantitative estimate of drug-likeness (QED) is 0.845. The lowest BCUT2D eigenvalue weighted by Gasteiger charge is -2.44. The Morgan fingerprint density at radius 3 is 2.76 bits per heavy atom. The van der Waals surface area contributed by atoms with Crippen LogP contribution in [0.1, 0.15) is 39.7 Å². The molecule has 0 radical (unpaired) electrons. The van der Waals surface area contributed by atoms with E-state index in [1.807, 2.05) is 36.0 Å². The Morgan fingerprint density at radius 2 is 2.10 bits per heavy atom. The van der Waals surface area contributed by atoms with Crippen LogP contribution in [0.3, 0.4) is 0 Å². The minimum absolute atomic E-state index is 0.110. The van der Waals surface area contributed by atoms with Gasteiger partial charge in [-0.3, -0.25) is 4.79 Å². The van der Waals surface area contributed by atoms with E-state index in [1.165, 1.54) is 0 Å². The molecule has 0 saturated carbocycles. The Hall–Kier alpha value is -1.29. The summed E-state index contributed by atoms with van der Waals surface area (Å²) in [5, 5.41) is 1.59. The summed E-state index contributed by atoms with van der Waals surface area (Å²) in [4.78, 5) is 18.5. The third-order valence-corrected chi connectivity index (χ3v) is 5.08. The molecule has 1 saturated heterocycles. The molecule has 1 aromatic rings. The van der Waals surface area contributed by atoms with Crippen molar-refractivity contribution in [3.05, 3.63) is 29.8 Å². The molecule has 2 rings (SSSR count). The normalized spacial score (nSPS) is 23.4. The second kappa shape index (κ2) is 6.22. The maximum Gasteiger partial charge on any atom is 0.164 e. The van der Waals surface area contributed by atoms with E-state index < -0.39 is 0 Å². The van der Waals surface area contributed by atoms with Crippen LogP contribution < -0.4 is 0 Å². The number of ketones is 1. The summed E-state index contributed by atoms with van der Waals surface area (Å²) in [6.45, 7) is 8.37. The molecule has 1 heterocycles. The van der Waals surface area contributed by atoms with Gasteiger partial charge in [-0.1, -0.05) is 36.9 Å². The van der Waals surface area contributed by atoms with Crippen LogP contribution in [0.2, 0.25) is 0 Å². The predicted molar refractivity (Wildman–Crippen MR) is 91.4 cm³/mol. The number of benzene rings is 1. The lowest BCUT2D eigenvalue weighted by Crippen LogP contribution is -2.49. The van der Waals surface area contributed by atoms with Gasteiger partial charge in [0.1, 0.15) is 5.78 Å². The molecule has 1 aliphatic heterocycles. The van der Waals surface area contributed by atoms with E-state index >= 15 is 0 Å². The van der Waals surface area contributed by atoms with E-state index in [0.717, 1.165) is 22.8 Å². The Labute approximate surface area is 131 Å². The highest BCUT2D eigenvalue weighted by Crippen LogP contribution is 2.36. The largest absolute Gasteiger partial charge is 0.349 e. The highest BCUT2D eigenvalue weighted by molar-refractivity contribution is 8.14. The van der Waals surface area contributed by atoms with Gasteiger partial charge in [0, 0.05) is 24.3 Å². The summed E-state index contributed by atoms with van der Waals surface area (Å²) in [6, 6.07) is 7.92. The second-order valence-electron chi connectivity index (χ2n) is 6.41. The molecular formula is C17H24N2OS. The average molecular weight is 304 g/mol. The SMILES string of the molecule is CC(=O)Cc1ccccc1N=C1SC(C)CC(C)(C)N1C. The van der Waals surface area contributed by atoms with Crippen LogP contribution in [0, 0.1) is 0 Å². The van der Waals surface area contributed by atoms with Crippen molar-refractivity contribution in [1.29, 1.82) is 0 Å². The monoisotopic (exact) mass is 304 g/mol. The van der Waals surface area contributed by atoms with Gasteiger partial charge < -0.3 is 4.90 Å². The molecule has 0 N–H and O–H groups in total. The van der Waals surface area contributed by atoms with Crippen LogP contribution >= 0.6 is 11.8 Å². The van der Waals surface area contributed by atoms with Crippen molar-refractivity contribution >= 4 is 28.4 Å². The number of para-hydroxylation sites is 1. The van der Waals surface area contributed by atoms with Crippen LogP contribution in [0.25, 0.3) is 0 Å². The van der Waals surface area contributed by atoms with E-state index in [0.29, 0.717) is 11.7 Å². The van der Waals surface area contributed by atoms with Crippen molar-refractivity contribution in [3.8, 4) is 0 Å². The number of aliphatic imine (C=N–C) groups is 1. The molecule has 0 bridgehead atoms. The van der Waals surface area contributed by atoms with Crippen LogP contribution in [0.4, 0.5) is 5.69 Å². The number of hydrogen-bond donors (Lipinski definition) is 0. The molecule has 0 spiro atoms. The molecule has 4 heteroatoms. The number of nitrogens with zero attached hydrogens (tertiary/aromatic N) is 2. The highest BCUT2D eigenvalue weighted by atomic mass is 32.2. The Morgan fingerprint density at radius 1 is 1.43 bits per heavy atom. The summed E-state index contributed by atoms with van der Waals surface area (Å²) < 4.78 is 0. The zero-order valence-electron chi connectivity index (χ0n) is 13.5. The van der Waals surface area contributed by atoms with Gasteiger partial charge >= 0.3 is 0 Å². The first-order chi connectivity index (χ1) is 9.79. The standard InChI is InChI=1S/C17H24N2OS/c1-12(20)10-14-8-6-7-9-15(14)18-16-19(5)17(3,4)11-13(2)21-16/h6-9,13H,10-11H2,1-5H3. The van der Waals surface area contributed by atoms with Gasteiger partial charge in [0.25, 0.3) is 0 Å². The number of carbonyl (C=O) groups is 1. The number of amidine groups is 1. The van der Waals surface area contributed by atoms with Gasteiger partial charge in [-0.15, -0.1) is 0 Å². The van der Waals surface area contributed by atoms with E-state index in [9.17, 15) is 4.79 Å². The molecule has 0 aromatic heterocycles. The number of Topliss-reactive ketones (excluding diaryl/α,β-unsaturated/α-hetero) is 1. The summed E-state index contributed by atoms with van der Waals surface area (Å²) >= 11 is 1.81. The zero-order chi connectivity index (χ0) is 15.6. The molecule has 1 aromatic carbocycles. The van der Waals surface area contributed by atoms with Gasteiger partial charge in [0.05, 0.1) is 5.69 Å². The first kappa shape index (κ1) is 16.1. The minimum Gasteiger partial charge on any atom is -0.349 e. The van der Waals surface area contributed by atoms with Crippen molar-refractivity contribution in [2.45, 2.75) is 51.3 Å². The van der Waals surface area contributed by atoms with Gasteiger partial charge in [-0.05, 0) is 38.8 Å². The molecule has 1 aliphatic rings. The van der Waals surface area contributed by atoms with Crippen molar-refractivity contribution in [3.63, 3.8) is 0 Å². The van der Waals surface area contributed by atoms with Crippen LogP contribution in [-0.4, -0.2) is 33.7 Å². The summed E-state index contributed by atoms with van der Waals surface area (Å²) in [5.74, 6) is 0.168. The Kier molecular flexibility index (Phi) is 4.77. The molecule has 1 fully saturated rings. The van der Waals surface area contributed by atoms with Gasteiger partial charge in [0.15, 0.2) is 5.17 Å². The molecule has 3 nitrogen and oxygen atoms in total. The predicted octanol–water partition coefficient (Wildman–Crippen LogP) is 4.04. The van der Waals surface area contributed by atoms with Crippen molar-refractivity contribution < 1.29 is 4.79 Å². The van der Waals surface area contributed by atoms with Crippen molar-refractivity contribution in [2.24, 2.45) is 4.99 Å². The van der Waals surface area contributed by atoms with Crippen LogP contribution in [-0.2, 0) is 11.2 Å². The topological polar surface area (TPSA) is 32.7 Å². The minimum atomic E-state index is 0.110. The summed E-state index contributed by atoms with van der Waals surface area (Å²) in [5.41, 5.74) is 2.02. The molecule has 1 unspecified atom stereocenters. The third-order valence-electron chi connectivity index (χ3n) is 3.94. The molecule has 114 valence electrons. The van der Waals surface area contributed by atoms with E-state index in [-0.39, 0.29) is 11.3 Å². The molecule has 0 amide bonds. The maximum atomic E-state index is 11.4. The fraction of sp³-hybridized carbons (Fsp3) is 0.529. The van der Waals surface area contributed by atoms with Gasteiger partial charge in [-0.25, -0.2) is 4.99 Å². The Bertz CT molecular complexity index is 566.